The minimum absolute atomic E-state index is 0.119. The smallest absolute Gasteiger partial charge is 0.225 e. The van der Waals surface area contributed by atoms with Gasteiger partial charge in [-0.3, -0.25) is 9.69 Å². The third kappa shape index (κ3) is 3.83. The number of carbonyl (C=O) groups is 1. The van der Waals surface area contributed by atoms with Gasteiger partial charge in [-0.05, 0) is 57.2 Å². The molecule has 0 saturated carbocycles. The number of carbonyl (C=O) groups excluding carboxylic acids is 1. The molecule has 1 aromatic carbocycles. The lowest BCUT2D eigenvalue weighted by Gasteiger charge is -2.46. The van der Waals surface area contributed by atoms with Crippen LogP contribution in [-0.2, 0) is 11.2 Å². The van der Waals surface area contributed by atoms with Crippen LogP contribution in [0.3, 0.4) is 0 Å². The van der Waals surface area contributed by atoms with Crippen molar-refractivity contribution in [2.75, 3.05) is 26.2 Å². The molecule has 1 unspecified atom stereocenters. The molecule has 24 heavy (non-hydrogen) atoms. The van der Waals surface area contributed by atoms with E-state index in [-0.39, 0.29) is 11.5 Å². The minimum Gasteiger partial charge on any atom is -0.341 e. The molecule has 1 atom stereocenters. The molecule has 2 saturated heterocycles. The van der Waals surface area contributed by atoms with Crippen LogP contribution in [0.25, 0.3) is 0 Å². The Hall–Kier alpha value is -1.35. The second-order valence-electron chi connectivity index (χ2n) is 7.92. The van der Waals surface area contributed by atoms with Gasteiger partial charge < -0.3 is 4.90 Å². The van der Waals surface area contributed by atoms with Crippen LogP contribution < -0.4 is 0 Å². The summed E-state index contributed by atoms with van der Waals surface area (Å²) in [6.45, 7) is 8.33. The van der Waals surface area contributed by atoms with E-state index in [1.54, 1.807) is 0 Å². The van der Waals surface area contributed by atoms with Gasteiger partial charge >= 0.3 is 0 Å². The summed E-state index contributed by atoms with van der Waals surface area (Å²) in [6, 6.07) is 10.8. The van der Waals surface area contributed by atoms with Gasteiger partial charge in [0.25, 0.3) is 0 Å². The maximum atomic E-state index is 12.5. The largest absolute Gasteiger partial charge is 0.341 e. The van der Waals surface area contributed by atoms with E-state index in [9.17, 15) is 4.79 Å². The molecule has 2 heterocycles. The van der Waals surface area contributed by atoms with E-state index in [1.165, 1.54) is 44.3 Å². The van der Waals surface area contributed by atoms with Gasteiger partial charge in [-0.2, -0.15) is 0 Å². The van der Waals surface area contributed by atoms with Crippen molar-refractivity contribution in [3.8, 4) is 0 Å². The number of likely N-dealkylation sites (tertiary alicyclic amines) is 2. The molecule has 0 radical (unpaired) electrons. The third-order valence-corrected chi connectivity index (χ3v) is 5.84. The Morgan fingerprint density at radius 3 is 2.54 bits per heavy atom. The minimum atomic E-state index is 0.119. The Morgan fingerprint density at radius 2 is 1.83 bits per heavy atom. The fraction of sp³-hybridized carbons (Fsp3) is 0.667. The van der Waals surface area contributed by atoms with Crippen molar-refractivity contribution < 1.29 is 4.79 Å². The van der Waals surface area contributed by atoms with E-state index in [0.717, 1.165) is 25.9 Å². The average Bonchev–Trinajstić information content (AvgIpc) is 2.97. The molecule has 1 spiro atoms. The van der Waals surface area contributed by atoms with Crippen molar-refractivity contribution in [1.82, 2.24) is 9.80 Å². The molecule has 2 fully saturated rings. The fourth-order valence-electron chi connectivity index (χ4n) is 4.59. The van der Waals surface area contributed by atoms with Crippen molar-refractivity contribution >= 4 is 5.91 Å². The van der Waals surface area contributed by atoms with Gasteiger partial charge in [0, 0.05) is 24.5 Å². The SMILES string of the molecule is CC(C)C(=O)N1CCCC2(CCCN2CCCc2ccccc2)C1. The second kappa shape index (κ2) is 7.69. The van der Waals surface area contributed by atoms with Gasteiger partial charge in [0.15, 0.2) is 0 Å². The van der Waals surface area contributed by atoms with Crippen LogP contribution in [0.2, 0.25) is 0 Å². The highest BCUT2D eigenvalue weighted by atomic mass is 16.2. The first kappa shape index (κ1) is 17.5. The normalized spacial score (nSPS) is 24.9. The molecule has 3 nitrogen and oxygen atoms in total. The number of nitrogens with zero attached hydrogens (tertiary/aromatic N) is 2. The quantitative estimate of drug-likeness (QED) is 0.822. The number of aryl methyl sites for hydroxylation is 1. The predicted octanol–water partition coefficient (Wildman–Crippen LogP) is 3.73. The molecule has 1 aromatic rings. The van der Waals surface area contributed by atoms with Crippen LogP contribution in [0.15, 0.2) is 30.3 Å². The maximum Gasteiger partial charge on any atom is 0.225 e. The molecule has 1 amide bonds. The molecular formula is C21H32N2O. The highest BCUT2D eigenvalue weighted by Gasteiger charge is 2.44. The monoisotopic (exact) mass is 328 g/mol. The number of rotatable bonds is 5. The number of hydrogen-bond donors (Lipinski definition) is 0. The second-order valence-corrected chi connectivity index (χ2v) is 7.92. The third-order valence-electron chi connectivity index (χ3n) is 5.84. The Balaban J connectivity index is 1.58. The highest BCUT2D eigenvalue weighted by molar-refractivity contribution is 5.78. The molecule has 0 aromatic heterocycles. The Morgan fingerprint density at radius 1 is 1.12 bits per heavy atom. The number of hydrogen-bond acceptors (Lipinski definition) is 2. The van der Waals surface area contributed by atoms with Crippen molar-refractivity contribution in [3.05, 3.63) is 35.9 Å². The van der Waals surface area contributed by atoms with Gasteiger partial charge in [0.2, 0.25) is 5.91 Å². The Labute approximate surface area is 147 Å². The predicted molar refractivity (Wildman–Crippen MR) is 99.0 cm³/mol. The number of piperidine rings is 1. The summed E-state index contributed by atoms with van der Waals surface area (Å²) in [5.41, 5.74) is 1.70. The lowest BCUT2D eigenvalue weighted by Crippen LogP contribution is -2.57. The highest BCUT2D eigenvalue weighted by Crippen LogP contribution is 2.37. The van der Waals surface area contributed by atoms with Gasteiger partial charge in [-0.1, -0.05) is 44.2 Å². The first-order valence-corrected chi connectivity index (χ1v) is 9.68. The zero-order chi connectivity index (χ0) is 17.0. The lowest BCUT2D eigenvalue weighted by atomic mass is 9.85. The van der Waals surface area contributed by atoms with Gasteiger partial charge in [0.05, 0.1) is 0 Å². The van der Waals surface area contributed by atoms with Crippen LogP contribution in [0.4, 0.5) is 0 Å². The Bertz CT molecular complexity index is 542. The van der Waals surface area contributed by atoms with E-state index >= 15 is 0 Å². The summed E-state index contributed by atoms with van der Waals surface area (Å²) in [5.74, 6) is 0.457. The molecule has 2 aliphatic rings. The standard InChI is InChI=1S/C21H32N2O/c1-18(2)20(24)22-14-7-12-21(17-22)13-8-16-23(21)15-6-11-19-9-4-3-5-10-19/h3-5,9-10,18H,6-8,11-17H2,1-2H3. The summed E-state index contributed by atoms with van der Waals surface area (Å²) in [6.07, 6.45) is 7.34. The first-order chi connectivity index (χ1) is 11.6. The van der Waals surface area contributed by atoms with E-state index in [2.05, 4.69) is 40.1 Å². The summed E-state index contributed by atoms with van der Waals surface area (Å²) in [5, 5.41) is 0. The van der Waals surface area contributed by atoms with E-state index in [4.69, 9.17) is 0 Å². The molecule has 0 bridgehead atoms. The average molecular weight is 328 g/mol. The van der Waals surface area contributed by atoms with Crippen molar-refractivity contribution in [2.45, 2.75) is 57.9 Å². The number of amides is 1. The van der Waals surface area contributed by atoms with Gasteiger partial charge in [-0.15, -0.1) is 0 Å². The molecule has 0 N–H and O–H groups in total. The van der Waals surface area contributed by atoms with Crippen LogP contribution in [-0.4, -0.2) is 47.4 Å². The fourth-order valence-corrected chi connectivity index (χ4v) is 4.59. The number of benzene rings is 1. The van der Waals surface area contributed by atoms with E-state index < -0.39 is 0 Å². The Kier molecular flexibility index (Phi) is 5.60. The zero-order valence-corrected chi connectivity index (χ0v) is 15.3. The first-order valence-electron chi connectivity index (χ1n) is 9.68. The summed E-state index contributed by atoms with van der Waals surface area (Å²) in [4.78, 5) is 17.3. The van der Waals surface area contributed by atoms with Gasteiger partial charge in [-0.25, -0.2) is 0 Å². The summed E-state index contributed by atoms with van der Waals surface area (Å²) in [7, 11) is 0. The van der Waals surface area contributed by atoms with E-state index in [1.807, 2.05) is 13.8 Å². The molecule has 132 valence electrons. The van der Waals surface area contributed by atoms with Crippen molar-refractivity contribution in [3.63, 3.8) is 0 Å². The van der Waals surface area contributed by atoms with Crippen molar-refractivity contribution in [1.29, 1.82) is 0 Å². The van der Waals surface area contributed by atoms with Gasteiger partial charge in [0.1, 0.15) is 0 Å². The van der Waals surface area contributed by atoms with Crippen molar-refractivity contribution in [2.24, 2.45) is 5.92 Å². The van der Waals surface area contributed by atoms with Crippen LogP contribution >= 0.6 is 0 Å². The lowest BCUT2D eigenvalue weighted by molar-refractivity contribution is -0.138. The molecule has 0 aliphatic carbocycles. The summed E-state index contributed by atoms with van der Waals surface area (Å²) >= 11 is 0. The van der Waals surface area contributed by atoms with Crippen LogP contribution in [0.1, 0.15) is 51.5 Å². The molecule has 2 aliphatic heterocycles. The van der Waals surface area contributed by atoms with E-state index in [0.29, 0.717) is 5.91 Å². The topological polar surface area (TPSA) is 23.6 Å². The molecule has 3 rings (SSSR count). The maximum absolute atomic E-state index is 12.5. The summed E-state index contributed by atoms with van der Waals surface area (Å²) < 4.78 is 0. The van der Waals surface area contributed by atoms with Crippen LogP contribution in [0, 0.1) is 5.92 Å². The molecule has 3 heteroatoms. The molecular weight excluding hydrogens is 296 g/mol. The zero-order valence-electron chi connectivity index (χ0n) is 15.3. The van der Waals surface area contributed by atoms with Crippen LogP contribution in [0.5, 0.6) is 0 Å².